The van der Waals surface area contributed by atoms with Crippen molar-refractivity contribution >= 4 is 0 Å². The Bertz CT molecular complexity index is 1150. The summed E-state index contributed by atoms with van der Waals surface area (Å²) in [6.07, 6.45) is 0. The third kappa shape index (κ3) is 3.73. The third-order valence-electron chi connectivity index (χ3n) is 4.45. The standard InChI is InChI=1S/C24H12N6/c25-13-16-1-7-19(8-2-16)22-28-23(20-9-3-17(14-26)4-10-20)30-24(29-22)21-11-5-18(15-27)6-12-21/h1-12H. The molecule has 0 N–H and O–H groups in total. The molecule has 0 bridgehead atoms. The quantitative estimate of drug-likeness (QED) is 0.515. The summed E-state index contributed by atoms with van der Waals surface area (Å²) in [5.41, 5.74) is 3.90. The van der Waals surface area contributed by atoms with Crippen molar-refractivity contribution < 1.29 is 0 Å². The van der Waals surface area contributed by atoms with Gasteiger partial charge in [-0.05, 0) is 72.8 Å². The van der Waals surface area contributed by atoms with Crippen molar-refractivity contribution in [3.63, 3.8) is 0 Å². The topological polar surface area (TPSA) is 110 Å². The minimum atomic E-state index is 0.466. The predicted octanol–water partition coefficient (Wildman–Crippen LogP) is 4.49. The highest BCUT2D eigenvalue weighted by Gasteiger charge is 2.12. The fraction of sp³-hybridized carbons (Fsp3) is 0. The molecule has 3 aromatic carbocycles. The molecule has 0 aliphatic heterocycles. The van der Waals surface area contributed by atoms with Gasteiger partial charge < -0.3 is 0 Å². The van der Waals surface area contributed by atoms with E-state index in [9.17, 15) is 0 Å². The lowest BCUT2D eigenvalue weighted by atomic mass is 10.1. The van der Waals surface area contributed by atoms with E-state index in [1.54, 1.807) is 72.8 Å². The maximum atomic E-state index is 9.03. The molecule has 0 aliphatic rings. The largest absolute Gasteiger partial charge is 0.208 e. The van der Waals surface area contributed by atoms with Crippen LogP contribution in [0.15, 0.2) is 72.8 Å². The second-order valence-electron chi connectivity index (χ2n) is 6.37. The summed E-state index contributed by atoms with van der Waals surface area (Å²) in [5, 5.41) is 27.1. The summed E-state index contributed by atoms with van der Waals surface area (Å²) in [5.74, 6) is 1.40. The van der Waals surface area contributed by atoms with E-state index in [0.717, 1.165) is 16.7 Å². The molecule has 0 amide bonds. The Balaban J connectivity index is 1.87. The lowest BCUT2D eigenvalue weighted by Gasteiger charge is -2.08. The van der Waals surface area contributed by atoms with E-state index in [4.69, 9.17) is 15.8 Å². The minimum Gasteiger partial charge on any atom is -0.208 e. The molecule has 4 aromatic rings. The molecular weight excluding hydrogens is 372 g/mol. The van der Waals surface area contributed by atoms with Crippen molar-refractivity contribution in [2.45, 2.75) is 0 Å². The van der Waals surface area contributed by atoms with E-state index in [2.05, 4.69) is 33.2 Å². The number of nitriles is 3. The fourth-order valence-electron chi connectivity index (χ4n) is 2.84. The summed E-state index contributed by atoms with van der Waals surface area (Å²) in [4.78, 5) is 13.8. The maximum absolute atomic E-state index is 9.03. The number of aromatic nitrogens is 3. The van der Waals surface area contributed by atoms with Crippen LogP contribution in [0.3, 0.4) is 0 Å². The Labute approximate surface area is 173 Å². The number of hydrogen-bond donors (Lipinski definition) is 0. The predicted molar refractivity (Wildman–Crippen MR) is 110 cm³/mol. The molecule has 0 fully saturated rings. The van der Waals surface area contributed by atoms with Gasteiger partial charge in [0.2, 0.25) is 0 Å². The van der Waals surface area contributed by atoms with Crippen LogP contribution in [0.1, 0.15) is 16.7 Å². The SMILES string of the molecule is N#Cc1ccc(-c2nc(-c3ccc(C#N)cc3)nc(-c3ccc(C#N)cc3)n2)cc1. The van der Waals surface area contributed by atoms with Gasteiger partial charge in [0, 0.05) is 16.7 Å². The summed E-state index contributed by atoms with van der Waals surface area (Å²) in [6, 6.07) is 27.3. The highest BCUT2D eigenvalue weighted by atomic mass is 15.0. The van der Waals surface area contributed by atoms with Crippen molar-refractivity contribution in [2.75, 3.05) is 0 Å². The second-order valence-corrected chi connectivity index (χ2v) is 6.37. The van der Waals surface area contributed by atoms with Crippen LogP contribution in [-0.2, 0) is 0 Å². The minimum absolute atomic E-state index is 0.466. The normalized spacial score (nSPS) is 9.90. The van der Waals surface area contributed by atoms with E-state index in [1.165, 1.54) is 0 Å². The summed E-state index contributed by atoms with van der Waals surface area (Å²) >= 11 is 0. The lowest BCUT2D eigenvalue weighted by molar-refractivity contribution is 1.07. The monoisotopic (exact) mass is 384 g/mol. The lowest BCUT2D eigenvalue weighted by Crippen LogP contribution is -2.00. The first kappa shape index (κ1) is 18.5. The molecule has 0 saturated carbocycles. The number of nitrogens with zero attached hydrogens (tertiary/aromatic N) is 6. The molecule has 0 radical (unpaired) electrons. The molecule has 0 aliphatic carbocycles. The van der Waals surface area contributed by atoms with E-state index in [0.29, 0.717) is 34.2 Å². The van der Waals surface area contributed by atoms with E-state index >= 15 is 0 Å². The van der Waals surface area contributed by atoms with E-state index in [-0.39, 0.29) is 0 Å². The molecule has 138 valence electrons. The van der Waals surface area contributed by atoms with Gasteiger partial charge in [-0.2, -0.15) is 15.8 Å². The molecule has 1 heterocycles. The van der Waals surface area contributed by atoms with Gasteiger partial charge in [-0.25, -0.2) is 15.0 Å². The zero-order chi connectivity index (χ0) is 20.9. The maximum Gasteiger partial charge on any atom is 0.164 e. The molecule has 6 nitrogen and oxygen atoms in total. The Morgan fingerprint density at radius 2 is 0.633 bits per heavy atom. The van der Waals surface area contributed by atoms with Crippen LogP contribution >= 0.6 is 0 Å². The van der Waals surface area contributed by atoms with Gasteiger partial charge in [-0.1, -0.05) is 0 Å². The van der Waals surface area contributed by atoms with Crippen molar-refractivity contribution in [3.8, 4) is 52.4 Å². The van der Waals surface area contributed by atoms with Crippen LogP contribution in [0.25, 0.3) is 34.2 Å². The zero-order valence-corrected chi connectivity index (χ0v) is 15.6. The first-order valence-electron chi connectivity index (χ1n) is 8.98. The van der Waals surface area contributed by atoms with Crippen LogP contribution < -0.4 is 0 Å². The van der Waals surface area contributed by atoms with Crippen LogP contribution in [-0.4, -0.2) is 15.0 Å². The smallest absolute Gasteiger partial charge is 0.164 e. The van der Waals surface area contributed by atoms with Crippen LogP contribution in [0, 0.1) is 34.0 Å². The molecule has 0 saturated heterocycles. The molecular formula is C24H12N6. The number of rotatable bonds is 3. The molecule has 1 aromatic heterocycles. The fourth-order valence-corrected chi connectivity index (χ4v) is 2.84. The zero-order valence-electron chi connectivity index (χ0n) is 15.6. The Hall–Kier alpha value is -4.86. The first-order valence-corrected chi connectivity index (χ1v) is 8.98. The molecule has 0 spiro atoms. The van der Waals surface area contributed by atoms with Crippen LogP contribution in [0.4, 0.5) is 0 Å². The van der Waals surface area contributed by atoms with Gasteiger partial charge in [-0.15, -0.1) is 0 Å². The third-order valence-corrected chi connectivity index (χ3v) is 4.45. The van der Waals surface area contributed by atoms with Gasteiger partial charge in [0.15, 0.2) is 17.5 Å². The average Bonchev–Trinajstić information content (AvgIpc) is 2.84. The highest BCUT2D eigenvalue weighted by molar-refractivity contribution is 5.67. The van der Waals surface area contributed by atoms with Gasteiger partial charge in [0.25, 0.3) is 0 Å². The highest BCUT2D eigenvalue weighted by Crippen LogP contribution is 2.25. The van der Waals surface area contributed by atoms with Gasteiger partial charge in [0.1, 0.15) is 0 Å². The number of benzene rings is 3. The molecule has 4 rings (SSSR count). The second kappa shape index (κ2) is 8.02. The van der Waals surface area contributed by atoms with Crippen molar-refractivity contribution in [2.24, 2.45) is 0 Å². The summed E-state index contributed by atoms with van der Waals surface area (Å²) < 4.78 is 0. The molecule has 0 unspecified atom stereocenters. The Morgan fingerprint density at radius 3 is 0.833 bits per heavy atom. The van der Waals surface area contributed by atoms with E-state index in [1.807, 2.05) is 0 Å². The van der Waals surface area contributed by atoms with Crippen molar-refractivity contribution in [1.82, 2.24) is 15.0 Å². The first-order chi connectivity index (χ1) is 14.7. The van der Waals surface area contributed by atoms with E-state index < -0.39 is 0 Å². The number of hydrogen-bond acceptors (Lipinski definition) is 6. The molecule has 0 atom stereocenters. The molecule has 30 heavy (non-hydrogen) atoms. The molecule has 6 heteroatoms. The van der Waals surface area contributed by atoms with Crippen LogP contribution in [0.5, 0.6) is 0 Å². The van der Waals surface area contributed by atoms with Crippen molar-refractivity contribution in [1.29, 1.82) is 15.8 Å². The van der Waals surface area contributed by atoms with Gasteiger partial charge >= 0.3 is 0 Å². The summed E-state index contributed by atoms with van der Waals surface area (Å²) in [7, 11) is 0. The Kier molecular flexibility index (Phi) is 4.95. The Morgan fingerprint density at radius 1 is 0.400 bits per heavy atom. The van der Waals surface area contributed by atoms with Crippen molar-refractivity contribution in [3.05, 3.63) is 89.5 Å². The van der Waals surface area contributed by atoms with Crippen LogP contribution in [0.2, 0.25) is 0 Å². The van der Waals surface area contributed by atoms with Gasteiger partial charge in [-0.3, -0.25) is 0 Å². The summed E-state index contributed by atoms with van der Waals surface area (Å²) in [6.45, 7) is 0. The average molecular weight is 384 g/mol. The van der Waals surface area contributed by atoms with Gasteiger partial charge in [0.05, 0.1) is 34.9 Å².